The molecule has 1 unspecified atom stereocenters. The second-order valence-electron chi connectivity index (χ2n) is 7.37. The number of fused-ring (bicyclic) bond motifs is 1. The average molecular weight is 448 g/mol. The summed E-state index contributed by atoms with van der Waals surface area (Å²) in [7, 11) is 1.53. The van der Waals surface area contributed by atoms with Crippen LogP contribution in [0.5, 0.6) is 0 Å². The third-order valence-electron chi connectivity index (χ3n) is 5.15. The highest BCUT2D eigenvalue weighted by Gasteiger charge is 2.26. The molecule has 4 rings (SSSR count). The Morgan fingerprint density at radius 3 is 2.44 bits per heavy atom. The van der Waals surface area contributed by atoms with Crippen LogP contribution in [-0.4, -0.2) is 27.5 Å². The van der Waals surface area contributed by atoms with E-state index >= 15 is 0 Å². The first kappa shape index (κ1) is 21.5. The van der Waals surface area contributed by atoms with Gasteiger partial charge in [-0.1, -0.05) is 48.0 Å². The summed E-state index contributed by atoms with van der Waals surface area (Å²) in [6, 6.07) is 14.8. The van der Waals surface area contributed by atoms with Gasteiger partial charge in [0.25, 0.3) is 11.5 Å². The number of anilines is 1. The predicted molar refractivity (Wildman–Crippen MR) is 125 cm³/mol. The number of rotatable bonds is 5. The van der Waals surface area contributed by atoms with Gasteiger partial charge in [0, 0.05) is 29.6 Å². The van der Waals surface area contributed by atoms with Crippen LogP contribution in [0.1, 0.15) is 23.0 Å². The summed E-state index contributed by atoms with van der Waals surface area (Å²) in [6.07, 6.45) is 0.481. The zero-order valence-corrected chi connectivity index (χ0v) is 18.6. The first-order valence-electron chi connectivity index (χ1n) is 9.97. The first-order valence-corrected chi connectivity index (χ1v) is 10.8. The van der Waals surface area contributed by atoms with Gasteiger partial charge in [0.2, 0.25) is 0 Å². The third kappa shape index (κ3) is 4.04. The van der Waals surface area contributed by atoms with Crippen LogP contribution in [0, 0.1) is 6.92 Å². The highest BCUT2D eigenvalue weighted by molar-refractivity contribution is 7.13. The Kier molecular flexibility index (Phi) is 5.87. The largest absolute Gasteiger partial charge is 0.448 e. The fourth-order valence-corrected chi connectivity index (χ4v) is 4.01. The number of thiazole rings is 1. The van der Waals surface area contributed by atoms with Crippen LogP contribution in [0.4, 0.5) is 5.13 Å². The van der Waals surface area contributed by atoms with E-state index in [1.165, 1.54) is 29.9 Å². The summed E-state index contributed by atoms with van der Waals surface area (Å²) in [4.78, 5) is 42.7. The number of carbonyl (C=O) groups is 2. The number of nitrogens with one attached hydrogen (secondary N) is 1. The predicted octanol–water partition coefficient (Wildman–Crippen LogP) is 4.15. The molecule has 2 aromatic carbocycles. The normalized spacial score (nSPS) is 11.8. The van der Waals surface area contributed by atoms with Crippen molar-refractivity contribution >= 4 is 39.1 Å². The molecule has 0 saturated heterocycles. The third-order valence-corrected chi connectivity index (χ3v) is 5.84. The molecule has 4 aromatic rings. The van der Waals surface area contributed by atoms with E-state index in [9.17, 15) is 14.4 Å². The van der Waals surface area contributed by atoms with Crippen molar-refractivity contribution in [3.8, 4) is 11.1 Å². The van der Waals surface area contributed by atoms with Crippen molar-refractivity contribution < 1.29 is 14.3 Å². The van der Waals surface area contributed by atoms with Crippen LogP contribution in [0.3, 0.4) is 0 Å². The van der Waals surface area contributed by atoms with E-state index in [0.29, 0.717) is 21.5 Å². The molecule has 2 heterocycles. The zero-order chi connectivity index (χ0) is 22.8. The molecular weight excluding hydrogens is 426 g/mol. The minimum Gasteiger partial charge on any atom is -0.448 e. The molecule has 0 aliphatic rings. The maximum absolute atomic E-state index is 13.3. The van der Waals surface area contributed by atoms with Gasteiger partial charge < -0.3 is 9.30 Å². The monoisotopic (exact) mass is 447 g/mol. The van der Waals surface area contributed by atoms with Crippen LogP contribution in [-0.2, 0) is 16.6 Å². The maximum Gasteiger partial charge on any atom is 0.356 e. The highest BCUT2D eigenvalue weighted by Crippen LogP contribution is 2.31. The lowest BCUT2D eigenvalue weighted by atomic mass is 9.96. The van der Waals surface area contributed by atoms with Crippen molar-refractivity contribution in [2.75, 3.05) is 5.32 Å². The summed E-state index contributed by atoms with van der Waals surface area (Å²) < 4.78 is 6.77. The van der Waals surface area contributed by atoms with Gasteiger partial charge in [-0.3, -0.25) is 14.9 Å². The van der Waals surface area contributed by atoms with Gasteiger partial charge in [0.05, 0.1) is 0 Å². The molecule has 1 N–H and O–H groups in total. The second kappa shape index (κ2) is 8.76. The fourth-order valence-electron chi connectivity index (χ4n) is 3.48. The molecule has 0 aliphatic carbocycles. The minimum atomic E-state index is -1.08. The Morgan fingerprint density at radius 1 is 1.09 bits per heavy atom. The Balaban J connectivity index is 1.79. The van der Waals surface area contributed by atoms with Gasteiger partial charge in [-0.05, 0) is 30.9 Å². The summed E-state index contributed by atoms with van der Waals surface area (Å²) in [5.41, 5.74) is 2.20. The Labute approximate surface area is 188 Å². The molecule has 0 radical (unpaired) electrons. The standard InChI is InChI=1S/C24H21N3O4S/c1-14-8-10-16(11-9-14)19-17-6-4-5-7-18(17)22(29)27(3)20(19)23(30)31-15(2)21(28)26-24-25-12-13-32-24/h4-13,15H,1-3H3,(H,25,26,28). The van der Waals surface area contributed by atoms with Gasteiger partial charge in [0.1, 0.15) is 5.69 Å². The molecule has 0 fully saturated rings. The molecule has 7 nitrogen and oxygen atoms in total. The average Bonchev–Trinajstić information content (AvgIpc) is 3.29. The number of hydrogen-bond acceptors (Lipinski definition) is 6. The lowest BCUT2D eigenvalue weighted by Gasteiger charge is -2.19. The highest BCUT2D eigenvalue weighted by atomic mass is 32.1. The number of benzene rings is 2. The Bertz CT molecular complexity index is 1360. The van der Waals surface area contributed by atoms with Crippen molar-refractivity contribution in [1.82, 2.24) is 9.55 Å². The summed E-state index contributed by atoms with van der Waals surface area (Å²) >= 11 is 1.26. The SMILES string of the molecule is Cc1ccc(-c2c(C(=O)OC(C)C(=O)Nc3nccs3)n(C)c(=O)c3ccccc23)cc1. The van der Waals surface area contributed by atoms with Crippen LogP contribution in [0.2, 0.25) is 0 Å². The number of hydrogen-bond donors (Lipinski definition) is 1. The molecule has 162 valence electrons. The minimum absolute atomic E-state index is 0.0893. The fraction of sp³-hybridized carbons (Fsp3) is 0.167. The molecule has 8 heteroatoms. The Hall–Kier alpha value is -3.78. The maximum atomic E-state index is 13.3. The van der Waals surface area contributed by atoms with Crippen molar-refractivity contribution in [3.63, 3.8) is 0 Å². The van der Waals surface area contributed by atoms with Crippen molar-refractivity contribution in [2.24, 2.45) is 7.05 Å². The van der Waals surface area contributed by atoms with E-state index in [2.05, 4.69) is 10.3 Å². The molecule has 0 saturated carbocycles. The number of esters is 1. The second-order valence-corrected chi connectivity index (χ2v) is 8.27. The molecule has 1 amide bonds. The summed E-state index contributed by atoms with van der Waals surface area (Å²) in [5.74, 6) is -1.26. The molecule has 1 atom stereocenters. The number of aromatic nitrogens is 2. The van der Waals surface area contributed by atoms with Crippen molar-refractivity contribution in [3.05, 3.63) is 81.7 Å². The number of aryl methyl sites for hydroxylation is 1. The molecule has 0 spiro atoms. The van der Waals surface area contributed by atoms with Gasteiger partial charge in [0.15, 0.2) is 11.2 Å². The topological polar surface area (TPSA) is 90.3 Å². The number of pyridine rings is 1. The van der Waals surface area contributed by atoms with Crippen LogP contribution in [0.15, 0.2) is 64.9 Å². The van der Waals surface area contributed by atoms with Crippen LogP contribution in [0.25, 0.3) is 21.9 Å². The van der Waals surface area contributed by atoms with Crippen molar-refractivity contribution in [2.45, 2.75) is 20.0 Å². The lowest BCUT2D eigenvalue weighted by Crippen LogP contribution is -2.32. The van der Waals surface area contributed by atoms with Crippen LogP contribution < -0.4 is 10.9 Å². The first-order chi connectivity index (χ1) is 15.4. The molecule has 32 heavy (non-hydrogen) atoms. The molecular formula is C24H21N3O4S. The van der Waals surface area contributed by atoms with E-state index in [4.69, 9.17) is 4.74 Å². The number of carbonyl (C=O) groups excluding carboxylic acids is 2. The smallest absolute Gasteiger partial charge is 0.356 e. The number of amides is 1. The lowest BCUT2D eigenvalue weighted by molar-refractivity contribution is -0.123. The van der Waals surface area contributed by atoms with Crippen molar-refractivity contribution in [1.29, 1.82) is 0 Å². The Morgan fingerprint density at radius 2 is 1.78 bits per heavy atom. The van der Waals surface area contributed by atoms with Gasteiger partial charge >= 0.3 is 5.97 Å². The zero-order valence-electron chi connectivity index (χ0n) is 17.8. The summed E-state index contributed by atoms with van der Waals surface area (Å²) in [5, 5.41) is 5.89. The van der Waals surface area contributed by atoms with E-state index in [1.54, 1.807) is 29.8 Å². The molecule has 0 bridgehead atoms. The summed E-state index contributed by atoms with van der Waals surface area (Å²) in [6.45, 7) is 3.45. The van der Waals surface area contributed by atoms with Gasteiger partial charge in [-0.25, -0.2) is 9.78 Å². The van der Waals surface area contributed by atoms with Gasteiger partial charge in [-0.2, -0.15) is 0 Å². The van der Waals surface area contributed by atoms with Crippen LogP contribution >= 0.6 is 11.3 Å². The van der Waals surface area contributed by atoms with E-state index < -0.39 is 18.0 Å². The quantitative estimate of drug-likeness (QED) is 0.464. The van der Waals surface area contributed by atoms with Gasteiger partial charge in [-0.15, -0.1) is 11.3 Å². The number of nitrogens with zero attached hydrogens (tertiary/aromatic N) is 2. The van der Waals surface area contributed by atoms with E-state index in [-0.39, 0.29) is 11.3 Å². The molecule has 2 aromatic heterocycles. The van der Waals surface area contributed by atoms with E-state index in [1.807, 2.05) is 37.3 Å². The molecule has 0 aliphatic heterocycles. The van der Waals surface area contributed by atoms with E-state index in [0.717, 1.165) is 11.1 Å². The number of ether oxygens (including phenoxy) is 1.